The van der Waals surface area contributed by atoms with Gasteiger partial charge in [-0.25, -0.2) is 0 Å². The van der Waals surface area contributed by atoms with Crippen molar-refractivity contribution in [3.8, 4) is 5.75 Å². The fourth-order valence-electron chi connectivity index (χ4n) is 0.773. The van der Waals surface area contributed by atoms with Crippen LogP contribution in [-0.4, -0.2) is 15.1 Å². The molecule has 0 amide bonds. The number of hydrogen-bond donors (Lipinski definition) is 1. The van der Waals surface area contributed by atoms with Crippen LogP contribution in [0.15, 0.2) is 48.9 Å². The maximum absolute atomic E-state index is 8.69. The Bertz CT molecular complexity index is 298. The van der Waals surface area contributed by atoms with Crippen LogP contribution in [0.2, 0.25) is 0 Å². The van der Waals surface area contributed by atoms with Crippen LogP contribution in [0.1, 0.15) is 5.69 Å². The third-order valence-corrected chi connectivity index (χ3v) is 1.46. The Morgan fingerprint density at radius 1 is 1.07 bits per heavy atom. The van der Waals surface area contributed by atoms with Crippen LogP contribution in [-0.2, 0) is 0 Å². The third kappa shape index (κ3) is 4.21. The van der Waals surface area contributed by atoms with Gasteiger partial charge in [0.15, 0.2) is 0 Å². The molecule has 0 unspecified atom stereocenters. The van der Waals surface area contributed by atoms with Crippen molar-refractivity contribution < 1.29 is 5.11 Å². The van der Waals surface area contributed by atoms with E-state index in [-0.39, 0.29) is 5.75 Å². The molecule has 0 spiro atoms. The highest BCUT2D eigenvalue weighted by Gasteiger charge is 1.83. The van der Waals surface area contributed by atoms with Crippen molar-refractivity contribution in [2.24, 2.45) is 0 Å². The van der Waals surface area contributed by atoms with Crippen molar-refractivity contribution in [3.63, 3.8) is 0 Å². The summed E-state index contributed by atoms with van der Waals surface area (Å²) >= 11 is 0. The van der Waals surface area contributed by atoms with Gasteiger partial charge in [-0.3, -0.25) is 9.97 Å². The van der Waals surface area contributed by atoms with Gasteiger partial charge in [0.05, 0.1) is 6.20 Å². The average Bonchev–Trinajstić information content (AvgIpc) is 2.26. The van der Waals surface area contributed by atoms with Crippen molar-refractivity contribution in [3.05, 3.63) is 54.6 Å². The zero-order chi connectivity index (χ0) is 10.2. The summed E-state index contributed by atoms with van der Waals surface area (Å²) in [5, 5.41) is 8.69. The number of aromatic hydroxyl groups is 1. The minimum absolute atomic E-state index is 0.218. The maximum atomic E-state index is 8.69. The summed E-state index contributed by atoms with van der Waals surface area (Å²) in [6.45, 7) is 1.87. The zero-order valence-corrected chi connectivity index (χ0v) is 7.96. The molecule has 14 heavy (non-hydrogen) atoms. The summed E-state index contributed by atoms with van der Waals surface area (Å²) in [7, 11) is 0. The van der Waals surface area contributed by atoms with E-state index < -0.39 is 0 Å². The Morgan fingerprint density at radius 2 is 1.79 bits per heavy atom. The molecule has 3 heteroatoms. The Balaban J connectivity index is 0.000000146. The molecule has 0 aliphatic carbocycles. The molecular weight excluding hydrogens is 176 g/mol. The molecule has 0 aromatic carbocycles. The first-order chi connectivity index (χ1) is 6.79. The molecule has 2 rings (SSSR count). The highest BCUT2D eigenvalue weighted by molar-refractivity contribution is 5.16. The number of pyridine rings is 2. The lowest BCUT2D eigenvalue weighted by Gasteiger charge is -1.88. The van der Waals surface area contributed by atoms with E-state index in [4.69, 9.17) is 5.11 Å². The Kier molecular flexibility index (Phi) is 4.14. The highest BCUT2D eigenvalue weighted by atomic mass is 16.3. The van der Waals surface area contributed by atoms with Crippen LogP contribution in [0.3, 0.4) is 0 Å². The summed E-state index contributed by atoms with van der Waals surface area (Å²) in [6, 6.07) is 9.09. The molecule has 0 atom stereocenters. The van der Waals surface area contributed by atoms with Gasteiger partial charge in [-0.2, -0.15) is 0 Å². The average molecular weight is 188 g/mol. The van der Waals surface area contributed by atoms with Crippen molar-refractivity contribution in [1.29, 1.82) is 0 Å². The molecule has 0 aliphatic rings. The molecule has 2 aromatic heterocycles. The fraction of sp³-hybridized carbons (Fsp3) is 0.0909. The molecule has 1 N–H and O–H groups in total. The summed E-state index contributed by atoms with van der Waals surface area (Å²) in [5.74, 6) is 0.218. The van der Waals surface area contributed by atoms with E-state index in [1.165, 1.54) is 6.20 Å². The molecule has 0 aliphatic heterocycles. The van der Waals surface area contributed by atoms with Crippen LogP contribution < -0.4 is 0 Å². The smallest absolute Gasteiger partial charge is 0.133 e. The SMILES string of the molecule is Cc1ccc(O)cn1.c1ccncc1. The minimum atomic E-state index is 0.218. The van der Waals surface area contributed by atoms with Gasteiger partial charge in [-0.05, 0) is 31.2 Å². The van der Waals surface area contributed by atoms with Crippen molar-refractivity contribution in [1.82, 2.24) is 9.97 Å². The van der Waals surface area contributed by atoms with Crippen LogP contribution in [0.5, 0.6) is 5.75 Å². The van der Waals surface area contributed by atoms with Crippen molar-refractivity contribution in [2.45, 2.75) is 6.92 Å². The van der Waals surface area contributed by atoms with E-state index in [1.54, 1.807) is 24.5 Å². The van der Waals surface area contributed by atoms with Gasteiger partial charge < -0.3 is 5.11 Å². The molecule has 0 fully saturated rings. The topological polar surface area (TPSA) is 46.0 Å². The van der Waals surface area contributed by atoms with Crippen LogP contribution in [0.25, 0.3) is 0 Å². The lowest BCUT2D eigenvalue weighted by Crippen LogP contribution is -1.75. The number of nitrogens with zero attached hydrogens (tertiary/aromatic N) is 2. The largest absolute Gasteiger partial charge is 0.506 e. The summed E-state index contributed by atoms with van der Waals surface area (Å²) in [5.41, 5.74) is 0.919. The number of hydrogen-bond acceptors (Lipinski definition) is 3. The Morgan fingerprint density at radius 3 is 2.07 bits per heavy atom. The van der Waals surface area contributed by atoms with E-state index in [9.17, 15) is 0 Å². The minimum Gasteiger partial charge on any atom is -0.506 e. The monoisotopic (exact) mass is 188 g/mol. The van der Waals surface area contributed by atoms with Crippen LogP contribution in [0.4, 0.5) is 0 Å². The first-order valence-electron chi connectivity index (χ1n) is 4.25. The molecular formula is C11H12N2O. The Hall–Kier alpha value is -1.90. The first kappa shape index (κ1) is 10.2. The second-order valence-electron chi connectivity index (χ2n) is 2.68. The molecule has 3 nitrogen and oxygen atoms in total. The fourth-order valence-corrected chi connectivity index (χ4v) is 0.773. The standard InChI is InChI=1S/C6H7NO.C5H5N/c1-5-2-3-6(8)4-7-5;1-2-4-6-5-3-1/h2-4,8H,1H3;1-5H. The van der Waals surface area contributed by atoms with Gasteiger partial charge in [0.1, 0.15) is 5.75 Å². The molecule has 0 saturated heterocycles. The van der Waals surface area contributed by atoms with Gasteiger partial charge in [-0.15, -0.1) is 0 Å². The second kappa shape index (κ2) is 5.70. The van der Waals surface area contributed by atoms with Gasteiger partial charge in [0, 0.05) is 18.1 Å². The summed E-state index contributed by atoms with van der Waals surface area (Å²) in [6.07, 6.45) is 4.93. The second-order valence-corrected chi connectivity index (χ2v) is 2.68. The van der Waals surface area contributed by atoms with Gasteiger partial charge in [0.25, 0.3) is 0 Å². The number of aryl methyl sites for hydroxylation is 1. The lowest BCUT2D eigenvalue weighted by atomic mass is 10.4. The number of rotatable bonds is 0. The zero-order valence-electron chi connectivity index (χ0n) is 7.96. The van der Waals surface area contributed by atoms with Crippen molar-refractivity contribution >= 4 is 0 Å². The van der Waals surface area contributed by atoms with Gasteiger partial charge in [0.2, 0.25) is 0 Å². The Labute approximate surface area is 83.1 Å². The molecule has 2 heterocycles. The predicted octanol–water partition coefficient (Wildman–Crippen LogP) is 2.18. The third-order valence-electron chi connectivity index (χ3n) is 1.46. The van der Waals surface area contributed by atoms with E-state index >= 15 is 0 Å². The summed E-state index contributed by atoms with van der Waals surface area (Å²) < 4.78 is 0. The van der Waals surface area contributed by atoms with E-state index in [0.29, 0.717) is 0 Å². The highest BCUT2D eigenvalue weighted by Crippen LogP contribution is 2.03. The van der Waals surface area contributed by atoms with Crippen LogP contribution >= 0.6 is 0 Å². The van der Waals surface area contributed by atoms with Gasteiger partial charge >= 0.3 is 0 Å². The molecule has 0 radical (unpaired) electrons. The van der Waals surface area contributed by atoms with Gasteiger partial charge in [-0.1, -0.05) is 6.07 Å². The molecule has 2 aromatic rings. The lowest BCUT2D eigenvalue weighted by molar-refractivity contribution is 0.472. The number of aromatic nitrogens is 2. The van der Waals surface area contributed by atoms with E-state index in [1.807, 2.05) is 25.1 Å². The van der Waals surface area contributed by atoms with Crippen LogP contribution in [0, 0.1) is 6.92 Å². The molecule has 0 bridgehead atoms. The predicted molar refractivity (Wildman–Crippen MR) is 54.9 cm³/mol. The normalized spacial score (nSPS) is 8.64. The quantitative estimate of drug-likeness (QED) is 0.689. The maximum Gasteiger partial charge on any atom is 0.133 e. The summed E-state index contributed by atoms with van der Waals surface area (Å²) in [4.78, 5) is 7.61. The first-order valence-corrected chi connectivity index (χ1v) is 4.25. The molecule has 0 saturated carbocycles. The van der Waals surface area contributed by atoms with Crippen molar-refractivity contribution in [2.75, 3.05) is 0 Å². The van der Waals surface area contributed by atoms with E-state index in [0.717, 1.165) is 5.69 Å². The molecule has 72 valence electrons. The van der Waals surface area contributed by atoms with E-state index in [2.05, 4.69) is 9.97 Å².